The van der Waals surface area contributed by atoms with Gasteiger partial charge in [0, 0.05) is 44.7 Å². The van der Waals surface area contributed by atoms with E-state index in [-0.39, 0.29) is 12.4 Å². The first-order valence-electron chi connectivity index (χ1n) is 6.66. The molecule has 0 aliphatic carbocycles. The van der Waals surface area contributed by atoms with E-state index in [1.165, 1.54) is 7.11 Å². The van der Waals surface area contributed by atoms with E-state index in [0.717, 1.165) is 31.9 Å². The summed E-state index contributed by atoms with van der Waals surface area (Å²) in [7, 11) is -1.85. The maximum atomic E-state index is 11.7. The topological polar surface area (TPSA) is 70.7 Å². The van der Waals surface area contributed by atoms with Gasteiger partial charge in [0.25, 0.3) is 0 Å². The third kappa shape index (κ3) is 4.36. The van der Waals surface area contributed by atoms with Crippen LogP contribution < -0.4 is 14.9 Å². The molecular weight excluding hydrogens is 278 g/mol. The Bertz CT molecular complexity index is 510. The molecule has 1 heterocycles. The van der Waals surface area contributed by atoms with Crippen molar-refractivity contribution in [1.82, 2.24) is 5.32 Å². The van der Waals surface area contributed by atoms with Crippen molar-refractivity contribution < 1.29 is 13.2 Å². The second kappa shape index (κ2) is 6.92. The van der Waals surface area contributed by atoms with Crippen molar-refractivity contribution in [3.05, 3.63) is 24.3 Å². The zero-order chi connectivity index (χ0) is 14.4. The predicted octanol–water partition coefficient (Wildman–Crippen LogP) is 0.484. The number of sulfonamides is 1. The van der Waals surface area contributed by atoms with Gasteiger partial charge in [-0.3, -0.25) is 4.72 Å². The number of hydrogen-bond acceptors (Lipinski definition) is 5. The summed E-state index contributed by atoms with van der Waals surface area (Å²) in [5.41, 5.74) is 1.70. The van der Waals surface area contributed by atoms with Crippen LogP contribution in [0.25, 0.3) is 0 Å². The van der Waals surface area contributed by atoms with E-state index < -0.39 is 10.0 Å². The summed E-state index contributed by atoms with van der Waals surface area (Å²) in [6.45, 7) is 4.09. The Balaban J connectivity index is 1.97. The van der Waals surface area contributed by atoms with Crippen LogP contribution in [0.15, 0.2) is 24.3 Å². The average molecular weight is 299 g/mol. The van der Waals surface area contributed by atoms with Crippen LogP contribution >= 0.6 is 0 Å². The zero-order valence-electron chi connectivity index (χ0n) is 11.6. The van der Waals surface area contributed by atoms with Crippen molar-refractivity contribution in [3.8, 4) is 0 Å². The van der Waals surface area contributed by atoms with Crippen LogP contribution in [0.5, 0.6) is 0 Å². The summed E-state index contributed by atoms with van der Waals surface area (Å²) in [5, 5.41) is 3.30. The number of rotatable bonds is 6. The Morgan fingerprint density at radius 2 is 1.90 bits per heavy atom. The summed E-state index contributed by atoms with van der Waals surface area (Å²) in [6.07, 6.45) is 0. The minimum Gasteiger partial charge on any atom is -0.384 e. The Kier molecular flexibility index (Phi) is 5.22. The summed E-state index contributed by atoms with van der Waals surface area (Å²) >= 11 is 0. The van der Waals surface area contributed by atoms with Gasteiger partial charge >= 0.3 is 0 Å². The Morgan fingerprint density at radius 1 is 1.25 bits per heavy atom. The number of piperazine rings is 1. The number of anilines is 2. The van der Waals surface area contributed by atoms with Gasteiger partial charge in [-0.05, 0) is 24.3 Å². The summed E-state index contributed by atoms with van der Waals surface area (Å²) in [4.78, 5) is 2.28. The van der Waals surface area contributed by atoms with Crippen molar-refractivity contribution >= 4 is 21.4 Å². The molecule has 0 bridgehead atoms. The molecule has 0 aromatic heterocycles. The molecule has 0 saturated carbocycles. The highest BCUT2D eigenvalue weighted by Gasteiger charge is 2.12. The number of methoxy groups -OCH3 is 1. The summed E-state index contributed by atoms with van der Waals surface area (Å²) < 4.78 is 30.8. The lowest BCUT2D eigenvalue weighted by molar-refractivity contribution is 0.217. The molecule has 0 radical (unpaired) electrons. The molecule has 1 aromatic carbocycles. The molecule has 1 aliphatic heterocycles. The molecule has 1 saturated heterocycles. The average Bonchev–Trinajstić information content (AvgIpc) is 2.46. The van der Waals surface area contributed by atoms with Gasteiger partial charge in [0.15, 0.2) is 0 Å². The molecule has 6 nitrogen and oxygen atoms in total. The van der Waals surface area contributed by atoms with Crippen molar-refractivity contribution in [1.29, 1.82) is 0 Å². The Hall–Kier alpha value is -1.31. The van der Waals surface area contributed by atoms with Gasteiger partial charge in [-0.15, -0.1) is 0 Å². The molecule has 1 fully saturated rings. The molecule has 2 N–H and O–H groups in total. The number of nitrogens with one attached hydrogen (secondary N) is 2. The molecule has 0 amide bonds. The summed E-state index contributed by atoms with van der Waals surface area (Å²) in [5.74, 6) is -0.0386. The molecule has 2 rings (SSSR count). The smallest absolute Gasteiger partial charge is 0.234 e. The standard InChI is InChI=1S/C13H21N3O3S/c1-19-10-11-20(17,18)15-12-2-4-13(5-3-12)16-8-6-14-7-9-16/h2-5,14-15H,6-11H2,1H3. The second-order valence-electron chi connectivity index (χ2n) is 4.70. The van der Waals surface area contributed by atoms with Crippen molar-refractivity contribution in [3.63, 3.8) is 0 Å². The molecule has 7 heteroatoms. The molecule has 0 unspecified atom stereocenters. The van der Waals surface area contributed by atoms with Crippen LogP contribution in [0.1, 0.15) is 0 Å². The summed E-state index contributed by atoms with van der Waals surface area (Å²) in [6, 6.07) is 7.47. The Labute approximate surface area is 120 Å². The van der Waals surface area contributed by atoms with Crippen molar-refractivity contribution in [2.45, 2.75) is 0 Å². The van der Waals surface area contributed by atoms with Crippen LogP contribution in [0, 0.1) is 0 Å². The van der Waals surface area contributed by atoms with Gasteiger partial charge < -0.3 is 15.0 Å². The van der Waals surface area contributed by atoms with Gasteiger partial charge in [-0.2, -0.15) is 0 Å². The SMILES string of the molecule is COCCS(=O)(=O)Nc1ccc(N2CCNCC2)cc1. The van der Waals surface area contributed by atoms with Gasteiger partial charge in [0.05, 0.1) is 12.4 Å². The third-order valence-electron chi connectivity index (χ3n) is 3.18. The molecular formula is C13H21N3O3S. The van der Waals surface area contributed by atoms with Crippen LogP contribution in [0.4, 0.5) is 11.4 Å². The molecule has 0 spiro atoms. The highest BCUT2D eigenvalue weighted by molar-refractivity contribution is 7.92. The van der Waals surface area contributed by atoms with Crippen LogP contribution in [0.3, 0.4) is 0 Å². The number of hydrogen-bond donors (Lipinski definition) is 2. The highest BCUT2D eigenvalue weighted by Crippen LogP contribution is 2.19. The van der Waals surface area contributed by atoms with Crippen LogP contribution in [0.2, 0.25) is 0 Å². The maximum absolute atomic E-state index is 11.7. The zero-order valence-corrected chi connectivity index (χ0v) is 12.4. The predicted molar refractivity (Wildman–Crippen MR) is 80.8 cm³/mol. The maximum Gasteiger partial charge on any atom is 0.234 e. The molecule has 0 atom stereocenters. The Morgan fingerprint density at radius 3 is 2.50 bits per heavy atom. The van der Waals surface area contributed by atoms with Crippen LogP contribution in [-0.2, 0) is 14.8 Å². The van der Waals surface area contributed by atoms with Gasteiger partial charge in [0.2, 0.25) is 10.0 Å². The highest BCUT2D eigenvalue weighted by atomic mass is 32.2. The number of ether oxygens (including phenoxy) is 1. The van der Waals surface area contributed by atoms with Gasteiger partial charge in [-0.1, -0.05) is 0 Å². The van der Waals surface area contributed by atoms with E-state index in [2.05, 4.69) is 14.9 Å². The van der Waals surface area contributed by atoms with Crippen LogP contribution in [-0.4, -0.2) is 54.1 Å². The third-order valence-corrected chi connectivity index (χ3v) is 4.43. The lowest BCUT2D eigenvalue weighted by atomic mass is 10.2. The van der Waals surface area contributed by atoms with Gasteiger partial charge in [0.1, 0.15) is 0 Å². The molecule has 20 heavy (non-hydrogen) atoms. The van der Waals surface area contributed by atoms with Crippen molar-refractivity contribution in [2.75, 3.05) is 55.3 Å². The quantitative estimate of drug-likeness (QED) is 0.800. The number of benzene rings is 1. The lowest BCUT2D eigenvalue weighted by Gasteiger charge is -2.29. The van der Waals surface area contributed by atoms with E-state index in [1.54, 1.807) is 12.1 Å². The molecule has 1 aromatic rings. The second-order valence-corrected chi connectivity index (χ2v) is 6.54. The van der Waals surface area contributed by atoms with E-state index in [0.29, 0.717) is 5.69 Å². The monoisotopic (exact) mass is 299 g/mol. The first-order chi connectivity index (χ1) is 9.61. The fourth-order valence-electron chi connectivity index (χ4n) is 2.09. The minimum atomic E-state index is -3.33. The first kappa shape index (κ1) is 15.1. The van der Waals surface area contributed by atoms with Gasteiger partial charge in [-0.25, -0.2) is 8.42 Å². The molecule has 1 aliphatic rings. The fraction of sp³-hybridized carbons (Fsp3) is 0.538. The lowest BCUT2D eigenvalue weighted by Crippen LogP contribution is -2.43. The fourth-order valence-corrected chi connectivity index (χ4v) is 3.07. The largest absolute Gasteiger partial charge is 0.384 e. The van der Waals surface area contributed by atoms with E-state index in [4.69, 9.17) is 4.74 Å². The van der Waals surface area contributed by atoms with E-state index >= 15 is 0 Å². The number of nitrogens with zero attached hydrogens (tertiary/aromatic N) is 1. The molecule has 112 valence electrons. The first-order valence-corrected chi connectivity index (χ1v) is 8.31. The van der Waals surface area contributed by atoms with Crippen molar-refractivity contribution in [2.24, 2.45) is 0 Å². The normalized spacial score (nSPS) is 16.1. The van der Waals surface area contributed by atoms with E-state index in [9.17, 15) is 8.42 Å². The minimum absolute atomic E-state index is 0.0386. The van der Waals surface area contributed by atoms with E-state index in [1.807, 2.05) is 12.1 Å².